The highest BCUT2D eigenvalue weighted by molar-refractivity contribution is 7.19. The van der Waals surface area contributed by atoms with E-state index in [0.29, 0.717) is 17.2 Å². The van der Waals surface area contributed by atoms with Gasteiger partial charge >= 0.3 is 0 Å². The molecule has 0 aliphatic heterocycles. The Kier molecular flexibility index (Phi) is 6.10. The predicted molar refractivity (Wildman–Crippen MR) is 118 cm³/mol. The fourth-order valence-corrected chi connectivity index (χ4v) is 4.36. The lowest BCUT2D eigenvalue weighted by Gasteiger charge is -2.27. The molecule has 0 fully saturated rings. The highest BCUT2D eigenvalue weighted by Gasteiger charge is 2.26. The number of benzene rings is 1. The third-order valence-electron chi connectivity index (χ3n) is 4.57. The molecule has 6 nitrogen and oxygen atoms in total. The van der Waals surface area contributed by atoms with Gasteiger partial charge in [0.1, 0.15) is 27.7 Å². The third-order valence-corrected chi connectivity index (χ3v) is 6.11. The first-order valence-electron chi connectivity index (χ1n) is 9.12. The molecule has 30 heavy (non-hydrogen) atoms. The zero-order valence-corrected chi connectivity index (χ0v) is 17.7. The summed E-state index contributed by atoms with van der Waals surface area (Å²) >= 11 is 2.86. The van der Waals surface area contributed by atoms with Crippen LogP contribution >= 0.6 is 22.7 Å². The van der Waals surface area contributed by atoms with Crippen molar-refractivity contribution in [2.75, 3.05) is 17.3 Å². The smallest absolute Gasteiger partial charge is 0.248 e. The number of hydrogen-bond acceptors (Lipinski definition) is 7. The van der Waals surface area contributed by atoms with Crippen LogP contribution in [-0.2, 0) is 11.2 Å². The minimum atomic E-state index is -0.524. The maximum Gasteiger partial charge on any atom is 0.248 e. The molecule has 9 heteroatoms. The molecule has 3 aromatic heterocycles. The maximum atomic E-state index is 13.3. The summed E-state index contributed by atoms with van der Waals surface area (Å²) in [5.74, 6) is 0.227. The van der Waals surface area contributed by atoms with Gasteiger partial charge < -0.3 is 10.2 Å². The van der Waals surface area contributed by atoms with Gasteiger partial charge in [0, 0.05) is 36.8 Å². The summed E-state index contributed by atoms with van der Waals surface area (Å²) in [6.45, 7) is 0. The van der Waals surface area contributed by atoms with Gasteiger partial charge in [-0.3, -0.25) is 9.78 Å². The Morgan fingerprint density at radius 1 is 1.17 bits per heavy atom. The molecule has 0 aliphatic rings. The van der Waals surface area contributed by atoms with Crippen molar-refractivity contribution in [3.63, 3.8) is 0 Å². The largest absolute Gasteiger partial charge is 0.347 e. The number of carbonyl (C=O) groups is 1. The molecule has 152 valence electrons. The summed E-state index contributed by atoms with van der Waals surface area (Å²) in [6.07, 6.45) is 5.47. The number of aromatic nitrogens is 3. The van der Waals surface area contributed by atoms with E-state index in [-0.39, 0.29) is 11.7 Å². The number of carbonyl (C=O) groups excluding carboxylic acids is 1. The fraction of sp³-hybridized carbons (Fsp3) is 0.143. The normalized spacial score (nSPS) is 11.8. The molecule has 0 saturated carbocycles. The summed E-state index contributed by atoms with van der Waals surface area (Å²) < 4.78 is 13.3. The molecule has 4 aromatic rings. The van der Waals surface area contributed by atoms with Crippen molar-refractivity contribution < 1.29 is 9.18 Å². The van der Waals surface area contributed by atoms with E-state index in [0.717, 1.165) is 16.1 Å². The molecular weight excluding hydrogens is 421 g/mol. The van der Waals surface area contributed by atoms with Crippen molar-refractivity contribution in [3.8, 4) is 10.6 Å². The van der Waals surface area contributed by atoms with Gasteiger partial charge in [-0.15, -0.1) is 11.3 Å². The van der Waals surface area contributed by atoms with Crippen LogP contribution in [0.25, 0.3) is 10.6 Å². The predicted octanol–water partition coefficient (Wildman–Crippen LogP) is 4.49. The molecule has 0 radical (unpaired) electrons. The number of nitrogens with zero attached hydrogens (tertiary/aromatic N) is 4. The molecule has 0 unspecified atom stereocenters. The van der Waals surface area contributed by atoms with Crippen molar-refractivity contribution in [1.29, 1.82) is 0 Å². The number of halogens is 1. The van der Waals surface area contributed by atoms with Gasteiger partial charge in [0.25, 0.3) is 0 Å². The van der Waals surface area contributed by atoms with Crippen LogP contribution in [0.15, 0.2) is 65.9 Å². The van der Waals surface area contributed by atoms with Gasteiger partial charge in [-0.25, -0.2) is 14.4 Å². The number of rotatable bonds is 7. The quantitative estimate of drug-likeness (QED) is 0.460. The Balaban J connectivity index is 1.54. The first kappa shape index (κ1) is 20.1. The van der Waals surface area contributed by atoms with Crippen LogP contribution in [0.5, 0.6) is 0 Å². The van der Waals surface area contributed by atoms with Gasteiger partial charge in [-0.1, -0.05) is 23.5 Å². The SMILES string of the molecule is CN(c1cscn1)[C@@H](Cc1ccc(F)cc1)C(=O)Nc1cnc(-c2ccncc2)s1. The number of amides is 1. The number of anilines is 2. The average molecular weight is 440 g/mol. The van der Waals surface area contributed by atoms with Gasteiger partial charge in [0.05, 0.1) is 11.7 Å². The Labute approximate surface area is 181 Å². The molecule has 0 bridgehead atoms. The van der Waals surface area contributed by atoms with E-state index >= 15 is 0 Å². The second-order valence-electron chi connectivity index (χ2n) is 6.56. The van der Waals surface area contributed by atoms with Crippen molar-refractivity contribution in [2.24, 2.45) is 0 Å². The zero-order valence-electron chi connectivity index (χ0n) is 16.0. The molecular formula is C21H18FN5OS2. The molecule has 1 atom stereocenters. The molecule has 0 aliphatic carbocycles. The molecule has 1 N–H and O–H groups in total. The zero-order chi connectivity index (χ0) is 20.9. The summed E-state index contributed by atoms with van der Waals surface area (Å²) in [5.41, 5.74) is 3.53. The number of thiazole rings is 2. The van der Waals surface area contributed by atoms with Gasteiger partial charge in [-0.05, 0) is 29.8 Å². The maximum absolute atomic E-state index is 13.3. The second-order valence-corrected chi connectivity index (χ2v) is 8.31. The van der Waals surface area contributed by atoms with Crippen molar-refractivity contribution in [2.45, 2.75) is 12.5 Å². The first-order chi connectivity index (χ1) is 14.6. The van der Waals surface area contributed by atoms with E-state index in [2.05, 4.69) is 20.3 Å². The van der Waals surface area contributed by atoms with Crippen molar-refractivity contribution in [3.05, 3.63) is 77.3 Å². The van der Waals surface area contributed by atoms with Crippen LogP contribution in [0.3, 0.4) is 0 Å². The lowest BCUT2D eigenvalue weighted by Crippen LogP contribution is -2.43. The van der Waals surface area contributed by atoms with E-state index in [1.165, 1.54) is 34.8 Å². The Morgan fingerprint density at radius 2 is 1.93 bits per heavy atom. The van der Waals surface area contributed by atoms with Crippen molar-refractivity contribution >= 4 is 39.4 Å². The Hall–Kier alpha value is -3.17. The van der Waals surface area contributed by atoms with Gasteiger partial charge in [-0.2, -0.15) is 0 Å². The van der Waals surface area contributed by atoms with Crippen LogP contribution in [0.4, 0.5) is 15.2 Å². The third kappa shape index (κ3) is 4.69. The second kappa shape index (κ2) is 9.10. The number of pyridine rings is 1. The number of nitrogens with one attached hydrogen (secondary N) is 1. The molecule has 1 aromatic carbocycles. The summed E-state index contributed by atoms with van der Waals surface area (Å²) in [5, 5.41) is 6.31. The molecule has 4 rings (SSSR count). The van der Waals surface area contributed by atoms with Crippen LogP contribution in [0.2, 0.25) is 0 Å². The lowest BCUT2D eigenvalue weighted by molar-refractivity contribution is -0.117. The Bertz CT molecular complexity index is 1100. The number of likely N-dealkylation sites (N-methyl/N-ethyl adjacent to an activating group) is 1. The number of hydrogen-bond donors (Lipinski definition) is 1. The first-order valence-corrected chi connectivity index (χ1v) is 10.9. The summed E-state index contributed by atoms with van der Waals surface area (Å²) in [7, 11) is 1.83. The molecule has 0 saturated heterocycles. The van der Waals surface area contributed by atoms with Gasteiger partial charge in [0.2, 0.25) is 5.91 Å². The minimum Gasteiger partial charge on any atom is -0.347 e. The highest BCUT2D eigenvalue weighted by atomic mass is 32.1. The Morgan fingerprint density at radius 3 is 2.63 bits per heavy atom. The highest BCUT2D eigenvalue weighted by Crippen LogP contribution is 2.28. The van der Waals surface area contributed by atoms with E-state index in [4.69, 9.17) is 0 Å². The van der Waals surface area contributed by atoms with E-state index < -0.39 is 6.04 Å². The van der Waals surface area contributed by atoms with E-state index in [1.807, 2.05) is 29.5 Å². The van der Waals surface area contributed by atoms with Crippen LogP contribution in [0, 0.1) is 5.82 Å². The van der Waals surface area contributed by atoms with Crippen molar-refractivity contribution in [1.82, 2.24) is 15.0 Å². The standard InChI is InChI=1S/C21H18FN5OS2/c1-27(18-12-29-13-25-18)17(10-14-2-4-16(22)5-3-14)20(28)26-19-11-24-21(30-19)15-6-8-23-9-7-15/h2-9,11-13,17H,10H2,1H3,(H,26,28)/t17-/m0/s1. The lowest BCUT2D eigenvalue weighted by atomic mass is 10.0. The van der Waals surface area contributed by atoms with Crippen LogP contribution in [-0.4, -0.2) is 33.9 Å². The topological polar surface area (TPSA) is 71.0 Å². The minimum absolute atomic E-state index is 0.181. The fourth-order valence-electron chi connectivity index (χ4n) is 2.95. The van der Waals surface area contributed by atoms with Gasteiger partial charge in [0.15, 0.2) is 0 Å². The monoisotopic (exact) mass is 439 g/mol. The van der Waals surface area contributed by atoms with Crippen LogP contribution in [0.1, 0.15) is 5.56 Å². The van der Waals surface area contributed by atoms with Crippen LogP contribution < -0.4 is 10.2 Å². The van der Waals surface area contributed by atoms with E-state index in [1.54, 1.807) is 36.2 Å². The molecule has 3 heterocycles. The summed E-state index contributed by atoms with van der Waals surface area (Å²) in [4.78, 5) is 27.7. The molecule has 0 spiro atoms. The average Bonchev–Trinajstić information content (AvgIpc) is 3.46. The molecule has 1 amide bonds. The summed E-state index contributed by atoms with van der Waals surface area (Å²) in [6, 6.07) is 9.41. The van der Waals surface area contributed by atoms with E-state index in [9.17, 15) is 9.18 Å².